The Labute approximate surface area is 115 Å². The third-order valence-corrected chi connectivity index (χ3v) is 4.75. The molecule has 2 N–H and O–H groups in total. The molecule has 3 nitrogen and oxygen atoms in total. The van der Waals surface area contributed by atoms with Crippen LogP contribution in [0.5, 0.6) is 0 Å². The topological polar surface area (TPSA) is 38.5 Å². The summed E-state index contributed by atoms with van der Waals surface area (Å²) < 4.78 is 5.50. The molecule has 0 spiro atoms. The lowest BCUT2D eigenvalue weighted by atomic mass is 9.74. The van der Waals surface area contributed by atoms with Gasteiger partial charge in [-0.2, -0.15) is 0 Å². The Hall–Kier alpha value is -0.900. The SMILES string of the molecule is Cc1ccc2c(c1)CCCC2(CN)N1CCOCC1. The normalized spacial score (nSPS) is 28.1. The smallest absolute Gasteiger partial charge is 0.0594 e. The van der Waals surface area contributed by atoms with Crippen molar-refractivity contribution >= 4 is 0 Å². The third kappa shape index (κ3) is 2.20. The van der Waals surface area contributed by atoms with Crippen molar-refractivity contribution in [2.75, 3.05) is 32.8 Å². The number of hydrogen-bond donors (Lipinski definition) is 1. The van der Waals surface area contributed by atoms with Gasteiger partial charge < -0.3 is 10.5 Å². The first-order valence-corrected chi connectivity index (χ1v) is 7.39. The van der Waals surface area contributed by atoms with E-state index < -0.39 is 0 Å². The van der Waals surface area contributed by atoms with Gasteiger partial charge >= 0.3 is 0 Å². The molecule has 1 aromatic carbocycles. The fourth-order valence-electron chi connectivity index (χ4n) is 3.75. The van der Waals surface area contributed by atoms with Crippen LogP contribution in [0.4, 0.5) is 0 Å². The molecular weight excluding hydrogens is 236 g/mol. The number of morpholine rings is 1. The van der Waals surface area contributed by atoms with Gasteiger partial charge in [-0.15, -0.1) is 0 Å². The molecule has 0 saturated carbocycles. The summed E-state index contributed by atoms with van der Waals surface area (Å²) in [6.45, 7) is 6.57. The Morgan fingerprint density at radius 3 is 2.84 bits per heavy atom. The van der Waals surface area contributed by atoms with E-state index in [0.29, 0.717) is 6.54 Å². The second-order valence-electron chi connectivity index (χ2n) is 5.85. The molecule has 0 radical (unpaired) electrons. The summed E-state index contributed by atoms with van der Waals surface area (Å²) in [6, 6.07) is 6.89. The Morgan fingerprint density at radius 1 is 1.32 bits per heavy atom. The number of nitrogens with zero attached hydrogens (tertiary/aromatic N) is 1. The van der Waals surface area contributed by atoms with Crippen LogP contribution in [0, 0.1) is 6.92 Å². The molecule has 0 bridgehead atoms. The van der Waals surface area contributed by atoms with Gasteiger partial charge in [0, 0.05) is 19.6 Å². The number of aryl methyl sites for hydroxylation is 2. The van der Waals surface area contributed by atoms with Crippen LogP contribution < -0.4 is 5.73 Å². The van der Waals surface area contributed by atoms with E-state index in [4.69, 9.17) is 10.5 Å². The summed E-state index contributed by atoms with van der Waals surface area (Å²) in [5.41, 5.74) is 10.6. The highest BCUT2D eigenvalue weighted by atomic mass is 16.5. The lowest BCUT2D eigenvalue weighted by molar-refractivity contribution is -0.0286. The minimum absolute atomic E-state index is 0.0467. The Balaban J connectivity index is 2.02. The van der Waals surface area contributed by atoms with Crippen LogP contribution in [0.3, 0.4) is 0 Å². The molecule has 1 unspecified atom stereocenters. The minimum atomic E-state index is 0.0467. The van der Waals surface area contributed by atoms with Gasteiger partial charge in [-0.25, -0.2) is 0 Å². The monoisotopic (exact) mass is 260 g/mol. The van der Waals surface area contributed by atoms with E-state index in [0.717, 1.165) is 26.3 Å². The molecule has 0 amide bonds. The first kappa shape index (κ1) is 13.1. The lowest BCUT2D eigenvalue weighted by Gasteiger charge is -2.48. The molecule has 0 aromatic heterocycles. The second kappa shape index (κ2) is 5.23. The number of nitrogens with two attached hydrogens (primary N) is 1. The third-order valence-electron chi connectivity index (χ3n) is 4.75. The van der Waals surface area contributed by atoms with Crippen LogP contribution in [0.2, 0.25) is 0 Å². The zero-order valence-electron chi connectivity index (χ0n) is 11.8. The number of fused-ring (bicyclic) bond motifs is 1. The van der Waals surface area contributed by atoms with Gasteiger partial charge in [0.1, 0.15) is 0 Å². The zero-order valence-corrected chi connectivity index (χ0v) is 11.8. The fourth-order valence-corrected chi connectivity index (χ4v) is 3.75. The molecule has 1 saturated heterocycles. The highest BCUT2D eigenvalue weighted by molar-refractivity contribution is 5.39. The molecule has 1 aromatic rings. The average Bonchev–Trinajstić information content (AvgIpc) is 2.47. The number of ether oxygens (including phenoxy) is 1. The summed E-state index contributed by atoms with van der Waals surface area (Å²) in [6.07, 6.45) is 3.62. The van der Waals surface area contributed by atoms with Gasteiger partial charge in [-0.05, 0) is 37.3 Å². The van der Waals surface area contributed by atoms with Crippen molar-refractivity contribution in [1.29, 1.82) is 0 Å². The molecule has 3 heteroatoms. The first-order valence-electron chi connectivity index (χ1n) is 7.39. The van der Waals surface area contributed by atoms with Gasteiger partial charge in [0.05, 0.1) is 18.8 Å². The van der Waals surface area contributed by atoms with Gasteiger partial charge in [0.15, 0.2) is 0 Å². The van der Waals surface area contributed by atoms with Crippen molar-refractivity contribution in [3.63, 3.8) is 0 Å². The fraction of sp³-hybridized carbons (Fsp3) is 0.625. The quantitative estimate of drug-likeness (QED) is 0.881. The van der Waals surface area contributed by atoms with Gasteiger partial charge in [0.2, 0.25) is 0 Å². The number of benzene rings is 1. The standard InChI is InChI=1S/C16H24N2O/c1-13-4-5-15-14(11-13)3-2-6-16(15,12-17)18-7-9-19-10-8-18/h4-5,11H,2-3,6-10,12,17H2,1H3. The van der Waals surface area contributed by atoms with Crippen LogP contribution in [0.1, 0.15) is 29.5 Å². The molecular formula is C16H24N2O. The predicted octanol–water partition coefficient (Wildman–Crippen LogP) is 1.82. The van der Waals surface area contributed by atoms with E-state index in [1.807, 2.05) is 0 Å². The van der Waals surface area contributed by atoms with Crippen molar-refractivity contribution < 1.29 is 4.74 Å². The van der Waals surface area contributed by atoms with Crippen LogP contribution in [-0.2, 0) is 16.7 Å². The number of rotatable bonds is 2. The van der Waals surface area contributed by atoms with Crippen LogP contribution in [0.25, 0.3) is 0 Å². The lowest BCUT2D eigenvalue weighted by Crippen LogP contribution is -2.56. The van der Waals surface area contributed by atoms with E-state index in [-0.39, 0.29) is 5.54 Å². The molecule has 104 valence electrons. The maximum Gasteiger partial charge on any atom is 0.0594 e. The second-order valence-corrected chi connectivity index (χ2v) is 5.85. The summed E-state index contributed by atoms with van der Waals surface area (Å²) in [5, 5.41) is 0. The van der Waals surface area contributed by atoms with Crippen molar-refractivity contribution in [3.8, 4) is 0 Å². The van der Waals surface area contributed by atoms with E-state index in [1.165, 1.54) is 36.0 Å². The first-order chi connectivity index (χ1) is 9.26. The average molecular weight is 260 g/mol. The zero-order chi connectivity index (χ0) is 13.3. The maximum atomic E-state index is 6.24. The predicted molar refractivity (Wildman–Crippen MR) is 77.2 cm³/mol. The van der Waals surface area contributed by atoms with Crippen molar-refractivity contribution in [2.24, 2.45) is 5.73 Å². The molecule has 1 fully saturated rings. The molecule has 1 heterocycles. The van der Waals surface area contributed by atoms with Crippen LogP contribution >= 0.6 is 0 Å². The largest absolute Gasteiger partial charge is 0.379 e. The molecule has 3 rings (SSSR count). The minimum Gasteiger partial charge on any atom is -0.379 e. The van der Waals surface area contributed by atoms with E-state index in [1.54, 1.807) is 0 Å². The van der Waals surface area contributed by atoms with Crippen molar-refractivity contribution in [2.45, 2.75) is 31.7 Å². The number of hydrogen-bond acceptors (Lipinski definition) is 3. The maximum absolute atomic E-state index is 6.24. The van der Waals surface area contributed by atoms with E-state index in [9.17, 15) is 0 Å². The molecule has 1 aliphatic heterocycles. The molecule has 1 atom stereocenters. The highest BCUT2D eigenvalue weighted by Crippen LogP contribution is 2.40. The molecule has 19 heavy (non-hydrogen) atoms. The van der Waals surface area contributed by atoms with E-state index in [2.05, 4.69) is 30.0 Å². The Morgan fingerprint density at radius 2 is 2.11 bits per heavy atom. The Bertz CT molecular complexity index is 454. The molecule has 2 aliphatic rings. The van der Waals surface area contributed by atoms with Crippen LogP contribution in [0.15, 0.2) is 18.2 Å². The Kier molecular flexibility index (Phi) is 3.61. The van der Waals surface area contributed by atoms with Gasteiger partial charge in [-0.1, -0.05) is 23.8 Å². The van der Waals surface area contributed by atoms with Crippen molar-refractivity contribution in [3.05, 3.63) is 34.9 Å². The highest BCUT2D eigenvalue weighted by Gasteiger charge is 2.41. The summed E-state index contributed by atoms with van der Waals surface area (Å²) >= 11 is 0. The summed E-state index contributed by atoms with van der Waals surface area (Å²) in [7, 11) is 0. The molecule has 1 aliphatic carbocycles. The van der Waals surface area contributed by atoms with E-state index >= 15 is 0 Å². The van der Waals surface area contributed by atoms with Crippen molar-refractivity contribution in [1.82, 2.24) is 4.90 Å². The summed E-state index contributed by atoms with van der Waals surface area (Å²) in [4.78, 5) is 2.56. The van der Waals surface area contributed by atoms with Gasteiger partial charge in [-0.3, -0.25) is 4.90 Å². The van der Waals surface area contributed by atoms with Crippen LogP contribution in [-0.4, -0.2) is 37.7 Å². The van der Waals surface area contributed by atoms with Gasteiger partial charge in [0.25, 0.3) is 0 Å². The summed E-state index contributed by atoms with van der Waals surface area (Å²) in [5.74, 6) is 0.